The first-order valence-corrected chi connectivity index (χ1v) is 10.6. The maximum atomic E-state index is 15.0. The number of carbonyl (C=O) groups is 2. The van der Waals surface area contributed by atoms with Gasteiger partial charge in [-0.1, -0.05) is 47.5 Å². The molecule has 0 aromatic heterocycles. The molecule has 1 aliphatic heterocycles. The Morgan fingerprint density at radius 3 is 2.33 bits per heavy atom. The number of aliphatic hydroxyl groups excluding tert-OH is 1. The van der Waals surface area contributed by atoms with E-state index in [4.69, 9.17) is 16.3 Å². The molecule has 7 heteroatoms. The second-order valence-corrected chi connectivity index (χ2v) is 8.26. The lowest BCUT2D eigenvalue weighted by atomic mass is 9.94. The van der Waals surface area contributed by atoms with Crippen molar-refractivity contribution in [2.45, 2.75) is 19.9 Å². The summed E-state index contributed by atoms with van der Waals surface area (Å²) in [4.78, 5) is 27.6. The van der Waals surface area contributed by atoms with Gasteiger partial charge in [-0.15, -0.1) is 0 Å². The van der Waals surface area contributed by atoms with Crippen LogP contribution in [0.3, 0.4) is 0 Å². The summed E-state index contributed by atoms with van der Waals surface area (Å²) in [5.74, 6) is -2.75. The van der Waals surface area contributed by atoms with E-state index in [0.29, 0.717) is 11.3 Å². The third-order valence-electron chi connectivity index (χ3n) is 5.60. The summed E-state index contributed by atoms with van der Waals surface area (Å²) < 4.78 is 20.3. The fourth-order valence-electron chi connectivity index (χ4n) is 4.05. The molecule has 3 aromatic rings. The van der Waals surface area contributed by atoms with Crippen LogP contribution in [0.1, 0.15) is 28.3 Å². The average molecular weight is 466 g/mol. The predicted molar refractivity (Wildman–Crippen MR) is 125 cm³/mol. The molecule has 1 unspecified atom stereocenters. The van der Waals surface area contributed by atoms with Crippen LogP contribution in [0.5, 0.6) is 5.75 Å². The van der Waals surface area contributed by atoms with Crippen molar-refractivity contribution in [1.29, 1.82) is 0 Å². The van der Waals surface area contributed by atoms with Gasteiger partial charge < -0.3 is 9.84 Å². The first kappa shape index (κ1) is 22.6. The molecule has 168 valence electrons. The lowest BCUT2D eigenvalue weighted by Crippen LogP contribution is -2.29. The maximum Gasteiger partial charge on any atom is 0.300 e. The van der Waals surface area contributed by atoms with Crippen LogP contribution < -0.4 is 9.64 Å². The first-order valence-electron chi connectivity index (χ1n) is 10.2. The number of rotatable bonds is 4. The number of methoxy groups -OCH3 is 1. The molecule has 1 atom stereocenters. The Bertz CT molecular complexity index is 1300. The van der Waals surface area contributed by atoms with Gasteiger partial charge in [0.05, 0.1) is 29.3 Å². The fraction of sp³-hybridized carbons (Fsp3) is 0.154. The van der Waals surface area contributed by atoms with Crippen LogP contribution in [0.4, 0.5) is 10.1 Å². The Kier molecular flexibility index (Phi) is 5.95. The third-order valence-corrected chi connectivity index (χ3v) is 5.88. The van der Waals surface area contributed by atoms with Gasteiger partial charge in [-0.25, -0.2) is 4.39 Å². The Morgan fingerprint density at radius 1 is 1.03 bits per heavy atom. The normalized spacial score (nSPS) is 17.5. The van der Waals surface area contributed by atoms with Crippen molar-refractivity contribution in [3.8, 4) is 5.75 Å². The topological polar surface area (TPSA) is 66.8 Å². The molecule has 0 spiro atoms. The molecule has 1 N–H and O–H groups in total. The summed E-state index contributed by atoms with van der Waals surface area (Å²) in [6.07, 6.45) is 0. The Balaban J connectivity index is 2.03. The van der Waals surface area contributed by atoms with Crippen LogP contribution in [0.15, 0.2) is 66.2 Å². The zero-order valence-corrected chi connectivity index (χ0v) is 19.0. The molecule has 0 saturated carbocycles. The molecular weight excluding hydrogens is 445 g/mol. The van der Waals surface area contributed by atoms with Crippen molar-refractivity contribution in [3.63, 3.8) is 0 Å². The van der Waals surface area contributed by atoms with Gasteiger partial charge in [-0.05, 0) is 49.7 Å². The number of amides is 1. The van der Waals surface area contributed by atoms with Gasteiger partial charge in [0.15, 0.2) is 0 Å². The highest BCUT2D eigenvalue weighted by Crippen LogP contribution is 2.45. The highest BCUT2D eigenvalue weighted by atomic mass is 35.5. The largest absolute Gasteiger partial charge is 0.507 e. The second-order valence-electron chi connectivity index (χ2n) is 7.85. The van der Waals surface area contributed by atoms with Crippen molar-refractivity contribution < 1.29 is 23.8 Å². The van der Waals surface area contributed by atoms with E-state index in [2.05, 4.69) is 0 Å². The number of anilines is 1. The molecule has 1 aliphatic rings. The van der Waals surface area contributed by atoms with E-state index in [0.717, 1.165) is 5.56 Å². The molecule has 4 rings (SSSR count). The number of carbonyl (C=O) groups excluding carboxylic acids is 2. The van der Waals surface area contributed by atoms with Crippen LogP contribution in [0, 0.1) is 19.7 Å². The van der Waals surface area contributed by atoms with E-state index in [-0.39, 0.29) is 27.5 Å². The van der Waals surface area contributed by atoms with E-state index >= 15 is 0 Å². The lowest BCUT2D eigenvalue weighted by molar-refractivity contribution is -0.132. The van der Waals surface area contributed by atoms with Crippen LogP contribution in [0.2, 0.25) is 5.02 Å². The van der Waals surface area contributed by atoms with Gasteiger partial charge in [0.1, 0.15) is 17.3 Å². The number of ether oxygens (including phenoxy) is 1. The van der Waals surface area contributed by atoms with E-state index in [1.54, 1.807) is 49.4 Å². The van der Waals surface area contributed by atoms with Crippen LogP contribution in [-0.4, -0.2) is 23.9 Å². The lowest BCUT2D eigenvalue weighted by Gasteiger charge is -2.26. The van der Waals surface area contributed by atoms with Crippen molar-refractivity contribution in [3.05, 3.63) is 99.3 Å². The molecular formula is C26H21ClFNO4. The standard InChI is InChI=1S/C26H21ClFNO4/c1-14-8-10-16(11-9-14)29-22(17-6-4-5-7-20(17)28)21(24(31)26(29)32)23(30)18-12-15(2)13-19(27)25(18)33-3/h4-13,22,30H,1-3H3/b23-21+. The number of nitrogens with zero attached hydrogens (tertiary/aromatic N) is 1. The highest BCUT2D eigenvalue weighted by molar-refractivity contribution is 6.51. The van der Waals surface area contributed by atoms with E-state index in [9.17, 15) is 19.1 Å². The summed E-state index contributed by atoms with van der Waals surface area (Å²) in [5, 5.41) is 11.6. The van der Waals surface area contributed by atoms with Gasteiger partial charge in [0.2, 0.25) is 0 Å². The van der Waals surface area contributed by atoms with Crippen LogP contribution in [0.25, 0.3) is 5.76 Å². The van der Waals surface area contributed by atoms with Gasteiger partial charge in [0, 0.05) is 11.3 Å². The predicted octanol–water partition coefficient (Wildman–Crippen LogP) is 5.73. The summed E-state index contributed by atoms with van der Waals surface area (Å²) >= 11 is 6.29. The SMILES string of the molecule is COc1c(Cl)cc(C)cc1/C(O)=C1\C(=O)C(=O)N(c2ccc(C)cc2)C1c1ccccc1F. The average Bonchev–Trinajstić information content (AvgIpc) is 3.04. The third kappa shape index (κ3) is 3.87. The number of halogens is 2. The number of ketones is 1. The minimum atomic E-state index is -1.18. The highest BCUT2D eigenvalue weighted by Gasteiger charge is 2.48. The van der Waals surface area contributed by atoms with Gasteiger partial charge in [-0.3, -0.25) is 14.5 Å². The fourth-order valence-corrected chi connectivity index (χ4v) is 4.40. The minimum absolute atomic E-state index is 0.0801. The Labute approximate surface area is 195 Å². The zero-order chi connectivity index (χ0) is 23.9. The molecule has 1 saturated heterocycles. The summed E-state index contributed by atoms with van der Waals surface area (Å²) in [6.45, 7) is 3.65. The number of Topliss-reactive ketones (excluding diaryl/α,β-unsaturated/α-hetero) is 1. The van der Waals surface area contributed by atoms with Crippen molar-refractivity contribution in [1.82, 2.24) is 0 Å². The monoisotopic (exact) mass is 465 g/mol. The summed E-state index contributed by atoms with van der Waals surface area (Å²) in [6, 6.07) is 14.9. The molecule has 1 fully saturated rings. The van der Waals surface area contributed by atoms with Crippen molar-refractivity contribution in [2.24, 2.45) is 0 Å². The van der Waals surface area contributed by atoms with E-state index in [1.807, 2.05) is 6.92 Å². The molecule has 5 nitrogen and oxygen atoms in total. The first-order chi connectivity index (χ1) is 15.7. The molecule has 3 aromatic carbocycles. The molecule has 1 amide bonds. The van der Waals surface area contributed by atoms with Gasteiger partial charge in [0.25, 0.3) is 11.7 Å². The molecule has 33 heavy (non-hydrogen) atoms. The number of hydrogen-bond donors (Lipinski definition) is 1. The number of hydrogen-bond acceptors (Lipinski definition) is 4. The Hall–Kier alpha value is -3.64. The molecule has 0 radical (unpaired) electrons. The smallest absolute Gasteiger partial charge is 0.300 e. The number of aryl methyl sites for hydroxylation is 2. The molecule has 0 bridgehead atoms. The number of aliphatic hydroxyl groups is 1. The summed E-state index contributed by atoms with van der Waals surface area (Å²) in [7, 11) is 1.38. The zero-order valence-electron chi connectivity index (χ0n) is 18.2. The molecule has 0 aliphatic carbocycles. The maximum absolute atomic E-state index is 15.0. The van der Waals surface area contributed by atoms with Crippen molar-refractivity contribution >= 4 is 34.7 Å². The van der Waals surface area contributed by atoms with E-state index in [1.165, 1.54) is 30.2 Å². The van der Waals surface area contributed by atoms with Crippen LogP contribution in [-0.2, 0) is 9.59 Å². The second kappa shape index (κ2) is 8.71. The minimum Gasteiger partial charge on any atom is -0.507 e. The van der Waals surface area contributed by atoms with Crippen molar-refractivity contribution in [2.75, 3.05) is 12.0 Å². The quantitative estimate of drug-likeness (QED) is 0.303. The number of benzene rings is 3. The van der Waals surface area contributed by atoms with E-state index < -0.39 is 29.3 Å². The summed E-state index contributed by atoms with van der Waals surface area (Å²) in [5.41, 5.74) is 2.05. The van der Waals surface area contributed by atoms with Crippen LogP contribution >= 0.6 is 11.6 Å². The Morgan fingerprint density at radius 2 is 1.70 bits per heavy atom. The van der Waals surface area contributed by atoms with Gasteiger partial charge >= 0.3 is 0 Å². The van der Waals surface area contributed by atoms with Gasteiger partial charge in [-0.2, -0.15) is 0 Å². The molecule has 1 heterocycles.